The highest BCUT2D eigenvalue weighted by Gasteiger charge is 2.05. The molecule has 3 nitrogen and oxygen atoms in total. The Morgan fingerprint density at radius 1 is 1.62 bits per heavy atom. The third-order valence-corrected chi connectivity index (χ3v) is 2.46. The zero-order valence-electron chi connectivity index (χ0n) is 9.72. The van der Waals surface area contributed by atoms with Crippen LogP contribution < -0.4 is 10.1 Å². The Kier molecular flexibility index (Phi) is 5.49. The third kappa shape index (κ3) is 4.33. The molecule has 1 aromatic rings. The highest BCUT2D eigenvalue weighted by molar-refractivity contribution is 9.10. The molecule has 1 rings (SSSR count). The van der Waals surface area contributed by atoms with Gasteiger partial charge in [-0.1, -0.05) is 5.57 Å². The molecule has 0 spiro atoms. The SMILES string of the molecule is C=C(C)CCOc1ncc(Br)cc1CNC. The van der Waals surface area contributed by atoms with Crippen molar-refractivity contribution in [1.82, 2.24) is 10.3 Å². The molecule has 0 bridgehead atoms. The quantitative estimate of drug-likeness (QED) is 0.816. The van der Waals surface area contributed by atoms with Gasteiger partial charge in [-0.15, -0.1) is 6.58 Å². The van der Waals surface area contributed by atoms with Crippen molar-refractivity contribution in [3.8, 4) is 5.88 Å². The Labute approximate surface area is 105 Å². The highest BCUT2D eigenvalue weighted by Crippen LogP contribution is 2.20. The van der Waals surface area contributed by atoms with Gasteiger partial charge in [-0.25, -0.2) is 4.98 Å². The predicted octanol–water partition coefficient (Wildman–Crippen LogP) is 2.91. The first kappa shape index (κ1) is 13.2. The second-order valence-electron chi connectivity index (χ2n) is 3.70. The lowest BCUT2D eigenvalue weighted by Gasteiger charge is -2.10. The average Bonchev–Trinajstić information content (AvgIpc) is 2.21. The van der Waals surface area contributed by atoms with Crippen LogP contribution in [-0.4, -0.2) is 18.6 Å². The first-order valence-electron chi connectivity index (χ1n) is 5.19. The topological polar surface area (TPSA) is 34.1 Å². The Bertz CT molecular complexity index is 366. The fraction of sp³-hybridized carbons (Fsp3) is 0.417. The van der Waals surface area contributed by atoms with E-state index in [4.69, 9.17) is 4.74 Å². The number of aromatic nitrogens is 1. The highest BCUT2D eigenvalue weighted by atomic mass is 79.9. The molecule has 0 unspecified atom stereocenters. The fourth-order valence-electron chi connectivity index (χ4n) is 1.24. The lowest BCUT2D eigenvalue weighted by Crippen LogP contribution is -2.09. The summed E-state index contributed by atoms with van der Waals surface area (Å²) in [6, 6.07) is 2.01. The van der Waals surface area contributed by atoms with Gasteiger partial charge in [0.15, 0.2) is 0 Å². The van der Waals surface area contributed by atoms with Gasteiger partial charge < -0.3 is 10.1 Å². The molecule has 0 atom stereocenters. The first-order chi connectivity index (χ1) is 7.63. The van der Waals surface area contributed by atoms with Crippen LogP contribution in [0.4, 0.5) is 0 Å². The van der Waals surface area contributed by atoms with E-state index >= 15 is 0 Å². The minimum absolute atomic E-state index is 0.626. The normalized spacial score (nSPS) is 10.2. The minimum atomic E-state index is 0.626. The maximum atomic E-state index is 5.62. The van der Waals surface area contributed by atoms with E-state index in [-0.39, 0.29) is 0 Å². The molecule has 1 N–H and O–H groups in total. The second kappa shape index (κ2) is 6.66. The van der Waals surface area contributed by atoms with E-state index in [2.05, 4.69) is 32.8 Å². The molecule has 1 aromatic heterocycles. The van der Waals surface area contributed by atoms with E-state index in [1.54, 1.807) is 6.20 Å². The van der Waals surface area contributed by atoms with E-state index in [1.807, 2.05) is 20.0 Å². The van der Waals surface area contributed by atoms with Crippen LogP contribution in [-0.2, 0) is 6.54 Å². The van der Waals surface area contributed by atoms with Gasteiger partial charge in [0.1, 0.15) is 0 Å². The van der Waals surface area contributed by atoms with Gasteiger partial charge in [-0.3, -0.25) is 0 Å². The molecule has 4 heteroatoms. The van der Waals surface area contributed by atoms with E-state index in [1.165, 1.54) is 0 Å². The summed E-state index contributed by atoms with van der Waals surface area (Å²) in [6.45, 7) is 7.20. The largest absolute Gasteiger partial charge is 0.477 e. The van der Waals surface area contributed by atoms with Crippen molar-refractivity contribution in [3.63, 3.8) is 0 Å². The molecule has 16 heavy (non-hydrogen) atoms. The van der Waals surface area contributed by atoms with Crippen molar-refractivity contribution >= 4 is 15.9 Å². The standard InChI is InChI=1S/C12H17BrN2O/c1-9(2)4-5-16-12-10(7-14-3)6-11(13)8-15-12/h6,8,14H,1,4-5,7H2,2-3H3. The third-order valence-electron chi connectivity index (χ3n) is 2.03. The van der Waals surface area contributed by atoms with Crippen LogP contribution in [0.25, 0.3) is 0 Å². The molecular weight excluding hydrogens is 268 g/mol. The summed E-state index contributed by atoms with van der Waals surface area (Å²) in [4.78, 5) is 4.25. The molecule has 0 radical (unpaired) electrons. The second-order valence-corrected chi connectivity index (χ2v) is 4.62. The molecule has 0 amide bonds. The van der Waals surface area contributed by atoms with Crippen molar-refractivity contribution in [2.45, 2.75) is 19.9 Å². The molecule has 0 aromatic carbocycles. The monoisotopic (exact) mass is 284 g/mol. The zero-order valence-corrected chi connectivity index (χ0v) is 11.3. The fourth-order valence-corrected chi connectivity index (χ4v) is 1.62. The Balaban J connectivity index is 2.66. The zero-order chi connectivity index (χ0) is 12.0. The molecule has 0 saturated heterocycles. The number of nitrogens with one attached hydrogen (secondary N) is 1. The van der Waals surface area contributed by atoms with Gasteiger partial charge in [-0.05, 0) is 36.0 Å². The van der Waals surface area contributed by atoms with Crippen molar-refractivity contribution in [3.05, 3.63) is 34.5 Å². The Morgan fingerprint density at radius 3 is 3.00 bits per heavy atom. The van der Waals surface area contributed by atoms with E-state index in [0.29, 0.717) is 12.5 Å². The number of pyridine rings is 1. The maximum absolute atomic E-state index is 5.62. The molecule has 0 aliphatic carbocycles. The molecule has 0 fully saturated rings. The van der Waals surface area contributed by atoms with Crippen molar-refractivity contribution in [2.24, 2.45) is 0 Å². The summed E-state index contributed by atoms with van der Waals surface area (Å²) in [5.74, 6) is 0.693. The van der Waals surface area contributed by atoms with Crippen LogP contribution in [0, 0.1) is 0 Å². The summed E-state index contributed by atoms with van der Waals surface area (Å²) < 4.78 is 6.59. The summed E-state index contributed by atoms with van der Waals surface area (Å²) in [5, 5.41) is 3.09. The molecule has 1 heterocycles. The lowest BCUT2D eigenvalue weighted by atomic mass is 10.2. The van der Waals surface area contributed by atoms with Crippen LogP contribution >= 0.6 is 15.9 Å². The molecule has 0 saturated carbocycles. The molecule has 88 valence electrons. The Morgan fingerprint density at radius 2 is 2.38 bits per heavy atom. The van der Waals surface area contributed by atoms with E-state index < -0.39 is 0 Å². The average molecular weight is 285 g/mol. The van der Waals surface area contributed by atoms with Gasteiger partial charge in [0, 0.05) is 29.2 Å². The molecule has 0 aliphatic rings. The summed E-state index contributed by atoms with van der Waals surface area (Å²) in [5.41, 5.74) is 2.17. The Hall–Kier alpha value is -0.870. The van der Waals surface area contributed by atoms with Crippen LogP contribution in [0.5, 0.6) is 5.88 Å². The van der Waals surface area contributed by atoms with Crippen LogP contribution in [0.15, 0.2) is 28.9 Å². The van der Waals surface area contributed by atoms with Crippen molar-refractivity contribution in [1.29, 1.82) is 0 Å². The number of rotatable bonds is 6. The van der Waals surface area contributed by atoms with Gasteiger partial charge in [0.25, 0.3) is 0 Å². The number of nitrogens with zero attached hydrogens (tertiary/aromatic N) is 1. The van der Waals surface area contributed by atoms with Gasteiger partial charge in [0.05, 0.1) is 6.61 Å². The lowest BCUT2D eigenvalue weighted by molar-refractivity contribution is 0.305. The number of ether oxygens (including phenoxy) is 1. The minimum Gasteiger partial charge on any atom is -0.477 e. The van der Waals surface area contributed by atoms with E-state index in [0.717, 1.165) is 28.6 Å². The smallest absolute Gasteiger partial charge is 0.217 e. The summed E-state index contributed by atoms with van der Waals surface area (Å²) >= 11 is 3.40. The maximum Gasteiger partial charge on any atom is 0.217 e. The predicted molar refractivity (Wildman–Crippen MR) is 69.6 cm³/mol. The summed E-state index contributed by atoms with van der Waals surface area (Å²) in [7, 11) is 1.90. The van der Waals surface area contributed by atoms with Crippen molar-refractivity contribution in [2.75, 3.05) is 13.7 Å². The number of hydrogen-bond acceptors (Lipinski definition) is 3. The number of halogens is 1. The number of hydrogen-bond donors (Lipinski definition) is 1. The van der Waals surface area contributed by atoms with Gasteiger partial charge in [-0.2, -0.15) is 0 Å². The molecule has 0 aliphatic heterocycles. The van der Waals surface area contributed by atoms with Crippen LogP contribution in [0.3, 0.4) is 0 Å². The molecular formula is C12H17BrN2O. The first-order valence-corrected chi connectivity index (χ1v) is 5.99. The van der Waals surface area contributed by atoms with Gasteiger partial charge >= 0.3 is 0 Å². The summed E-state index contributed by atoms with van der Waals surface area (Å²) in [6.07, 6.45) is 2.60. The van der Waals surface area contributed by atoms with Crippen LogP contribution in [0.1, 0.15) is 18.9 Å². The van der Waals surface area contributed by atoms with E-state index in [9.17, 15) is 0 Å². The van der Waals surface area contributed by atoms with Crippen molar-refractivity contribution < 1.29 is 4.74 Å². The van der Waals surface area contributed by atoms with Gasteiger partial charge in [0.2, 0.25) is 5.88 Å². The van der Waals surface area contributed by atoms with Crippen LogP contribution in [0.2, 0.25) is 0 Å².